The van der Waals surface area contributed by atoms with Crippen molar-refractivity contribution in [1.29, 1.82) is 0 Å². The van der Waals surface area contributed by atoms with E-state index in [-0.39, 0.29) is 372 Å². The summed E-state index contributed by atoms with van der Waals surface area (Å²) in [5.74, 6) is 18.3. The molecule has 1 aromatic heterocycles. The van der Waals surface area contributed by atoms with Crippen LogP contribution in [-0.2, 0) is 346 Å². The van der Waals surface area contributed by atoms with Crippen LogP contribution in [-0.4, -0.2) is 10.2 Å². The largest absolute Gasteiger partial charge is 1.00 e. The molecule has 0 bridgehead atoms. The first-order chi connectivity index (χ1) is 40.8. The van der Waals surface area contributed by atoms with Crippen LogP contribution in [0.15, 0.2) is 146 Å². The Balaban J connectivity index is -0.0000000978. The molecule has 12 rings (SSSR count). The van der Waals surface area contributed by atoms with Crippen molar-refractivity contribution < 1.29 is 362 Å². The van der Waals surface area contributed by atoms with Crippen molar-refractivity contribution in [3.8, 4) is 87.4 Å². The van der Waals surface area contributed by atoms with Gasteiger partial charge in [-0.2, -0.15) is 0 Å². The Labute approximate surface area is 868 Å². The van der Waals surface area contributed by atoms with Gasteiger partial charge in [0.15, 0.2) is 0 Å². The van der Waals surface area contributed by atoms with E-state index in [1.54, 1.807) is 20.8 Å². The van der Waals surface area contributed by atoms with Gasteiger partial charge in [-0.1, -0.05) is 268 Å². The van der Waals surface area contributed by atoms with Crippen LogP contribution in [0.25, 0.3) is 60.9 Å². The van der Waals surface area contributed by atoms with Crippen molar-refractivity contribution in [1.82, 2.24) is 4.57 Å². The van der Waals surface area contributed by atoms with Gasteiger partial charge < -0.3 is 24.5 Å². The molecule has 9 aromatic rings. The van der Waals surface area contributed by atoms with Crippen LogP contribution in [0.4, 0.5) is 0 Å². The zero-order chi connectivity index (χ0) is 63.3. The maximum atomic E-state index is 10.1. The summed E-state index contributed by atoms with van der Waals surface area (Å²) in [7, 11) is 0. The zero-order valence-electron chi connectivity index (χ0n) is 64.3. The monoisotopic (exact) mass is 2050 g/mol. The predicted molar refractivity (Wildman–Crippen MR) is 386 cm³/mol. The predicted octanol–water partition coefficient (Wildman–Crippen LogP) is 19.7. The summed E-state index contributed by atoms with van der Waals surface area (Å²) >= 11 is 0. The quantitative estimate of drug-likeness (QED) is 0.0914. The third-order valence-corrected chi connectivity index (χ3v) is 13.2. The van der Waals surface area contributed by atoms with Crippen LogP contribution in [0, 0.1) is 84.0 Å². The molecular weight excluding hydrogens is 1950 g/mol. The number of benzene rings is 8. The van der Waals surface area contributed by atoms with Crippen LogP contribution in [0.5, 0.6) is 0 Å². The molecule has 0 atom stereocenters. The number of rotatable bonds is 1. The van der Waals surface area contributed by atoms with Crippen molar-refractivity contribution in [2.24, 2.45) is 0 Å². The molecule has 3 aliphatic rings. The van der Waals surface area contributed by atoms with E-state index in [1.807, 2.05) is 111 Å². The zero-order valence-corrected chi connectivity index (χ0v) is 94.6. The Morgan fingerprint density at radius 3 is 1.01 bits per heavy atom. The number of hydrogen-bond donors (Lipinski definition) is 0. The van der Waals surface area contributed by atoms with Gasteiger partial charge in [0.1, 0.15) is 0 Å². The van der Waals surface area contributed by atoms with E-state index in [0.717, 1.165) is 52.6 Å². The first-order valence-electron chi connectivity index (χ1n) is 31.0. The molecule has 8 aromatic carbocycles. The molecule has 10 radical (unpaired) electrons. The minimum absolute atomic E-state index is 0. The summed E-state index contributed by atoms with van der Waals surface area (Å²) in [6.07, 6.45) is 14.6. The Bertz CT molecular complexity index is 3720. The Morgan fingerprint density at radius 1 is 0.371 bits per heavy atom. The molecule has 97 heavy (non-hydrogen) atoms. The molecule has 0 amide bonds. The first-order valence-corrected chi connectivity index (χ1v) is 31.0. The number of para-hydroxylation sites is 2. The second-order valence-electron chi connectivity index (χ2n) is 19.3. The van der Waals surface area contributed by atoms with Crippen LogP contribution >= 0.6 is 0 Å². The average molecular weight is 2060 g/mol. The summed E-state index contributed by atoms with van der Waals surface area (Å²) in [6, 6.07) is 52.5. The molecule has 0 N–H and O–H groups in total. The van der Waals surface area contributed by atoms with Gasteiger partial charge >= 0.3 is 29.6 Å². The van der Waals surface area contributed by atoms with Gasteiger partial charge in [0.25, 0.3) is 0 Å². The standard InChI is InChI=1S/C31H21N.C20H16.C13H10.C4H9O.7C2H6.2CH3.Na.10Y/c1-4-10-28-24(5-2)20(3)17-22-18-21-19-23(15-16-25(21)31(22)28)32-29-13-8-6-11-26(29)27-12-7-9-14-30(27)32;1-5-7-19-17(6-2)14(4)11-16-12-15-10-13(3)8-9-18(15)20(16)19;1-3-7-12-10(5-1)9-11-6-2-4-8-13(11)12;1-4(2,3)5;7*1-2;;;;;;;;;;;;;/h2,6-9,11-17,19H,18H2,1,3H3;2,8-11H,12H2,1,3-4H3;1-8H,9H2;1-3H3;7*1-2H3;2*1H3;;;;;;;;;;;/q;;;-1;;;;;;;;2*-1;+1;;;;;;;;;;. The summed E-state index contributed by atoms with van der Waals surface area (Å²) < 4.78 is 2.37. The summed E-state index contributed by atoms with van der Waals surface area (Å²) in [5, 5.41) is 12.7. The smallest absolute Gasteiger partial charge is 0.850 e. The van der Waals surface area contributed by atoms with E-state index >= 15 is 0 Å². The molecule has 0 fully saturated rings. The second-order valence-corrected chi connectivity index (χ2v) is 19.3. The van der Waals surface area contributed by atoms with E-state index < -0.39 is 5.60 Å². The number of aromatic nitrogens is 1. The van der Waals surface area contributed by atoms with Crippen molar-refractivity contribution in [3.05, 3.63) is 233 Å². The van der Waals surface area contributed by atoms with E-state index in [1.165, 1.54) is 99.8 Å². The number of nitrogens with zero attached hydrogens (tertiary/aromatic N) is 1. The normalized spacial score (nSPS) is 8.84. The minimum atomic E-state index is -0.750. The van der Waals surface area contributed by atoms with Crippen molar-refractivity contribution in [3.63, 3.8) is 0 Å². The maximum absolute atomic E-state index is 10.1. The van der Waals surface area contributed by atoms with Crippen molar-refractivity contribution in [2.75, 3.05) is 0 Å². The number of terminal acetylenes is 2. The molecule has 0 saturated carbocycles. The maximum Gasteiger partial charge on any atom is 1.00 e. The molecule has 0 spiro atoms. The Kier molecular flexibility index (Phi) is 92.1. The third-order valence-electron chi connectivity index (χ3n) is 13.2. The van der Waals surface area contributed by atoms with Gasteiger partial charge in [-0.05, 0) is 145 Å². The molecular formula is C84H104NNaOY10-2. The molecule has 484 valence electrons. The molecule has 0 unspecified atom stereocenters. The van der Waals surface area contributed by atoms with E-state index in [2.05, 4.69) is 206 Å². The third kappa shape index (κ3) is 35.6. The van der Waals surface area contributed by atoms with Crippen molar-refractivity contribution >= 4 is 21.8 Å². The van der Waals surface area contributed by atoms with E-state index in [4.69, 9.17) is 12.8 Å². The average Bonchev–Trinajstić information content (AvgIpc) is 1.62. The minimum Gasteiger partial charge on any atom is -0.850 e. The Morgan fingerprint density at radius 2 is 0.670 bits per heavy atom. The van der Waals surface area contributed by atoms with Gasteiger partial charge in [-0.15, -0.1) is 30.3 Å². The van der Waals surface area contributed by atoms with Gasteiger partial charge in [0.2, 0.25) is 0 Å². The summed E-state index contributed by atoms with van der Waals surface area (Å²) in [5.41, 5.74) is 26.4. The second kappa shape index (κ2) is 70.2. The molecule has 0 aliphatic heterocycles. The topological polar surface area (TPSA) is 28.0 Å². The van der Waals surface area contributed by atoms with Gasteiger partial charge in [-0.3, -0.25) is 0 Å². The number of hydrogen-bond acceptors (Lipinski definition) is 1. The SMILES string of the molecule is C#Cc1c(C)cc2c(c1C#CC)-c1ccc(-n3c4ccccc4c4ccccc43)cc1C2.C#Cc1c(C)cc2c(c1C#CC)-c1ccc(C)cc1C2.CC.CC.CC.CC.CC.CC.CC.CC(C)(C)[O-].[CH3-].[CH3-].[Na+].[Y].[Y].[Y].[Y].[Y].[Y].[Y].[Y].[Y].[Y].c1ccc2c(c1)Cc1ccccc1-2. The molecule has 0 saturated heterocycles. The van der Waals surface area contributed by atoms with Crippen LogP contribution < -0.4 is 34.7 Å². The van der Waals surface area contributed by atoms with Crippen LogP contribution in [0.1, 0.15) is 204 Å². The van der Waals surface area contributed by atoms with Gasteiger partial charge in [0, 0.05) is 377 Å². The number of fused-ring (bicyclic) bond motifs is 12. The van der Waals surface area contributed by atoms with E-state index in [0.29, 0.717) is 0 Å². The first kappa shape index (κ1) is 127. The van der Waals surface area contributed by atoms with Crippen LogP contribution in [0.3, 0.4) is 0 Å². The molecule has 3 aliphatic carbocycles. The summed E-state index contributed by atoms with van der Waals surface area (Å²) in [4.78, 5) is 0. The Hall–Kier alpha value is 3.80. The number of aryl methyl sites for hydroxylation is 3. The van der Waals surface area contributed by atoms with Gasteiger partial charge in [-0.25, -0.2) is 0 Å². The van der Waals surface area contributed by atoms with Crippen molar-refractivity contribution in [2.45, 2.75) is 177 Å². The van der Waals surface area contributed by atoms with Crippen LogP contribution in [0.2, 0.25) is 0 Å². The molecule has 2 nitrogen and oxygen atoms in total. The van der Waals surface area contributed by atoms with Gasteiger partial charge in [0.05, 0.1) is 11.0 Å². The van der Waals surface area contributed by atoms with E-state index in [9.17, 15) is 5.11 Å². The fourth-order valence-electron chi connectivity index (χ4n) is 10.5. The fraction of sp³-hybridized carbons (Fsp3) is 0.310. The molecule has 13 heteroatoms. The molecule has 1 heterocycles. The summed E-state index contributed by atoms with van der Waals surface area (Å²) in [6.45, 7) is 42.9. The fourth-order valence-corrected chi connectivity index (χ4v) is 10.5.